The number of alkyl halides is 3. The van der Waals surface area contributed by atoms with Crippen molar-refractivity contribution in [1.29, 1.82) is 0 Å². The molecule has 15 heteroatoms. The van der Waals surface area contributed by atoms with Gasteiger partial charge in [0.25, 0.3) is 0 Å². The number of nitrogens with zero attached hydrogens (tertiary/aromatic N) is 5. The number of aryl methyl sites for hydroxylation is 1. The van der Waals surface area contributed by atoms with Crippen LogP contribution in [0.5, 0.6) is 5.75 Å². The van der Waals surface area contributed by atoms with E-state index in [2.05, 4.69) is 19.8 Å². The van der Waals surface area contributed by atoms with E-state index in [-0.39, 0.29) is 24.1 Å². The Labute approximate surface area is 228 Å². The van der Waals surface area contributed by atoms with Crippen molar-refractivity contribution < 1.29 is 40.4 Å². The molecule has 0 bridgehead atoms. The van der Waals surface area contributed by atoms with Gasteiger partial charge in [0.2, 0.25) is 21.7 Å². The van der Waals surface area contributed by atoms with Crippen molar-refractivity contribution >= 4 is 22.0 Å². The van der Waals surface area contributed by atoms with Gasteiger partial charge in [0.05, 0.1) is 11.0 Å². The van der Waals surface area contributed by atoms with E-state index >= 15 is 0 Å². The molecule has 0 aliphatic carbocycles. The third-order valence-electron chi connectivity index (χ3n) is 6.63. The zero-order valence-electron chi connectivity index (χ0n) is 21.3. The van der Waals surface area contributed by atoms with Gasteiger partial charge in [-0.15, -0.1) is 13.2 Å². The first kappa shape index (κ1) is 28.0. The monoisotopic (exact) mass is 581 g/mol. The van der Waals surface area contributed by atoms with Crippen LogP contribution in [0.3, 0.4) is 0 Å². The summed E-state index contributed by atoms with van der Waals surface area (Å²) in [4.78, 5) is 19.8. The van der Waals surface area contributed by atoms with Crippen molar-refractivity contribution in [3.8, 4) is 17.1 Å². The van der Waals surface area contributed by atoms with Gasteiger partial charge in [-0.25, -0.2) is 8.42 Å². The molecule has 2 aliphatic heterocycles. The molecule has 2 aliphatic rings. The lowest BCUT2D eigenvalue weighted by molar-refractivity contribution is -0.274. The molecule has 0 saturated carbocycles. The highest BCUT2D eigenvalue weighted by Gasteiger charge is 2.36. The highest BCUT2D eigenvalue weighted by Crippen LogP contribution is 2.28. The zero-order chi connectivity index (χ0) is 28.5. The second kappa shape index (κ2) is 11.2. The molecule has 0 radical (unpaired) electrons. The lowest BCUT2D eigenvalue weighted by atomic mass is 10.1. The lowest BCUT2D eigenvalue weighted by Gasteiger charge is -2.34. The summed E-state index contributed by atoms with van der Waals surface area (Å²) in [7, 11) is -3.88. The second-order valence-electron chi connectivity index (χ2n) is 9.34. The molecule has 2 fully saturated rings. The fraction of sp³-hybridized carbons (Fsp3) is 0.400. The van der Waals surface area contributed by atoms with E-state index in [1.165, 1.54) is 4.31 Å². The van der Waals surface area contributed by atoms with Crippen LogP contribution in [-0.2, 0) is 19.6 Å². The van der Waals surface area contributed by atoms with Crippen molar-refractivity contribution in [2.24, 2.45) is 0 Å². The van der Waals surface area contributed by atoms with Gasteiger partial charge in [-0.2, -0.15) is 9.29 Å². The summed E-state index contributed by atoms with van der Waals surface area (Å²) < 4.78 is 79.2. The number of aldehydes is 1. The van der Waals surface area contributed by atoms with Crippen molar-refractivity contribution in [3.05, 3.63) is 54.4 Å². The average molecular weight is 582 g/mol. The molecule has 3 aromatic rings. The van der Waals surface area contributed by atoms with Gasteiger partial charge in [-0.05, 0) is 48.5 Å². The number of aromatic nitrogens is 2. The van der Waals surface area contributed by atoms with Gasteiger partial charge in [-0.1, -0.05) is 5.16 Å². The second-order valence-corrected chi connectivity index (χ2v) is 11.3. The normalized spacial score (nSPS) is 21.1. The molecule has 2 saturated heterocycles. The van der Waals surface area contributed by atoms with Crippen LogP contribution in [0.4, 0.5) is 18.9 Å². The maximum absolute atomic E-state index is 13.0. The Bertz CT molecular complexity index is 1420. The molecule has 1 aromatic heterocycles. The largest absolute Gasteiger partial charge is 0.573 e. The molecule has 5 rings (SSSR count). The van der Waals surface area contributed by atoms with Crippen LogP contribution < -0.4 is 9.64 Å². The predicted octanol–water partition coefficient (Wildman–Crippen LogP) is 2.68. The smallest absolute Gasteiger partial charge is 0.406 e. The molecule has 11 nitrogen and oxygen atoms in total. The van der Waals surface area contributed by atoms with Crippen LogP contribution in [0.25, 0.3) is 11.4 Å². The fourth-order valence-electron chi connectivity index (χ4n) is 4.72. The van der Waals surface area contributed by atoms with E-state index in [0.29, 0.717) is 37.9 Å². The topological polar surface area (TPSA) is 118 Å². The summed E-state index contributed by atoms with van der Waals surface area (Å²) in [6.45, 7) is 3.94. The minimum atomic E-state index is -4.86. The molecule has 2 atom stereocenters. The Morgan fingerprint density at radius 1 is 1.05 bits per heavy atom. The van der Waals surface area contributed by atoms with Crippen molar-refractivity contribution in [1.82, 2.24) is 19.3 Å². The van der Waals surface area contributed by atoms with Gasteiger partial charge < -0.3 is 18.9 Å². The van der Waals surface area contributed by atoms with E-state index in [9.17, 15) is 26.4 Å². The lowest BCUT2D eigenvalue weighted by Crippen LogP contribution is -2.50. The van der Waals surface area contributed by atoms with Gasteiger partial charge in [-0.3, -0.25) is 9.69 Å². The van der Waals surface area contributed by atoms with Crippen LogP contribution in [0.15, 0.2) is 57.9 Å². The Kier molecular flexibility index (Phi) is 7.81. The number of sulfonamides is 1. The third kappa shape index (κ3) is 6.27. The summed E-state index contributed by atoms with van der Waals surface area (Å²) in [6.07, 6.45) is -5.15. The van der Waals surface area contributed by atoms with Gasteiger partial charge in [0.1, 0.15) is 5.75 Å². The molecular formula is C25H26F3N5O6S. The van der Waals surface area contributed by atoms with Crippen LogP contribution in [-0.4, -0.2) is 92.0 Å². The average Bonchev–Trinajstić information content (AvgIpc) is 3.54. The van der Waals surface area contributed by atoms with E-state index in [1.807, 2.05) is 29.2 Å². The van der Waals surface area contributed by atoms with Crippen molar-refractivity contribution in [3.63, 3.8) is 0 Å². The van der Waals surface area contributed by atoms with E-state index in [4.69, 9.17) is 9.26 Å². The first-order valence-electron chi connectivity index (χ1n) is 12.4. The Hall–Kier alpha value is -3.53. The SMILES string of the molecule is Cc1nc(-c2ccc(N3CC(CN4CCN(S(=O)(=O)c5ccc(OC(F)(F)F)cc5)CC4)OC3C=O)cc2)no1. The molecule has 0 amide bonds. The highest BCUT2D eigenvalue weighted by atomic mass is 32.2. The number of carbonyl (C=O) groups excluding carboxylic acids is 1. The number of benzene rings is 2. The summed E-state index contributed by atoms with van der Waals surface area (Å²) in [5, 5.41) is 3.90. The number of hydrogen-bond acceptors (Lipinski definition) is 10. The fourth-order valence-corrected chi connectivity index (χ4v) is 6.14. The van der Waals surface area contributed by atoms with E-state index in [0.717, 1.165) is 41.8 Å². The first-order chi connectivity index (χ1) is 19.0. The van der Waals surface area contributed by atoms with Crippen LogP contribution in [0.2, 0.25) is 0 Å². The van der Waals surface area contributed by atoms with Crippen molar-refractivity contribution in [2.75, 3.05) is 44.2 Å². The predicted molar refractivity (Wildman–Crippen MR) is 135 cm³/mol. The molecule has 0 N–H and O–H groups in total. The summed E-state index contributed by atoms with van der Waals surface area (Å²) >= 11 is 0. The van der Waals surface area contributed by atoms with Gasteiger partial charge in [0.15, 0.2) is 12.5 Å². The molecule has 40 heavy (non-hydrogen) atoms. The number of piperazine rings is 1. The minimum Gasteiger partial charge on any atom is -0.406 e. The quantitative estimate of drug-likeness (QED) is 0.368. The minimum absolute atomic E-state index is 0.112. The molecule has 2 aromatic carbocycles. The maximum atomic E-state index is 13.0. The number of rotatable bonds is 8. The Morgan fingerprint density at radius 3 is 2.30 bits per heavy atom. The standard InChI is InChI=1S/C25H26F3N5O6S/c1-17-29-24(30-39-17)18-2-4-19(5-3-18)33-15-21(37-23(33)16-34)14-31-10-12-32(13-11-31)40(35,36)22-8-6-20(7-9-22)38-25(26,27)28/h2-9,16,21,23H,10-15H2,1H3. The summed E-state index contributed by atoms with van der Waals surface area (Å²) in [5.41, 5.74) is 1.57. The number of carbonyl (C=O) groups is 1. The summed E-state index contributed by atoms with van der Waals surface area (Å²) in [6, 6.07) is 11.5. The number of hydrogen-bond donors (Lipinski definition) is 0. The van der Waals surface area contributed by atoms with Crippen molar-refractivity contribution in [2.45, 2.75) is 30.5 Å². The van der Waals surface area contributed by atoms with Gasteiger partial charge >= 0.3 is 6.36 Å². The van der Waals surface area contributed by atoms with Crippen LogP contribution in [0.1, 0.15) is 5.89 Å². The Morgan fingerprint density at radius 2 is 1.73 bits per heavy atom. The van der Waals surface area contributed by atoms with E-state index in [1.54, 1.807) is 6.92 Å². The zero-order valence-corrected chi connectivity index (χ0v) is 22.1. The van der Waals surface area contributed by atoms with E-state index < -0.39 is 28.4 Å². The molecular weight excluding hydrogens is 555 g/mol. The Balaban J connectivity index is 1.15. The number of halogens is 3. The summed E-state index contributed by atoms with van der Waals surface area (Å²) in [5.74, 6) is 0.441. The number of ether oxygens (including phenoxy) is 2. The third-order valence-corrected chi connectivity index (χ3v) is 8.54. The highest BCUT2D eigenvalue weighted by molar-refractivity contribution is 7.89. The number of anilines is 1. The van der Waals surface area contributed by atoms with Gasteiger partial charge in [0, 0.05) is 57.4 Å². The first-order valence-corrected chi connectivity index (χ1v) is 13.8. The van der Waals surface area contributed by atoms with Crippen LogP contribution >= 0.6 is 0 Å². The maximum Gasteiger partial charge on any atom is 0.573 e. The van der Waals surface area contributed by atoms with Crippen LogP contribution in [0, 0.1) is 6.92 Å². The molecule has 214 valence electrons. The molecule has 2 unspecified atom stereocenters. The molecule has 0 spiro atoms. The molecule has 3 heterocycles.